The fraction of sp³-hybridized carbons (Fsp3) is 0.750. The van der Waals surface area contributed by atoms with E-state index in [1.165, 1.54) is 6.92 Å². The minimum absolute atomic E-state index is 0.170. The van der Waals surface area contributed by atoms with Gasteiger partial charge < -0.3 is 4.74 Å². The van der Waals surface area contributed by atoms with Crippen molar-refractivity contribution in [1.82, 2.24) is 0 Å². The molecule has 0 bridgehead atoms. The number of esters is 1. The second-order valence-corrected chi connectivity index (χ2v) is 2.90. The summed E-state index contributed by atoms with van der Waals surface area (Å²) >= 11 is 0. The molecule has 0 spiro atoms. The molecular weight excluding hydrogens is 144 g/mol. The lowest BCUT2D eigenvalue weighted by molar-refractivity contribution is -0.157. The van der Waals surface area contributed by atoms with Crippen molar-refractivity contribution in [3.8, 4) is 0 Å². The molecule has 0 aliphatic rings. The van der Waals surface area contributed by atoms with Gasteiger partial charge in [0.1, 0.15) is 11.2 Å². The number of rotatable bonds is 3. The summed E-state index contributed by atoms with van der Waals surface area (Å²) in [5.41, 5.74) is -0.990. The molecule has 0 aliphatic carbocycles. The molecule has 0 N–H and O–H groups in total. The van der Waals surface area contributed by atoms with Gasteiger partial charge in [-0.15, -0.1) is 0 Å². The van der Waals surface area contributed by atoms with E-state index in [1.54, 1.807) is 20.8 Å². The van der Waals surface area contributed by atoms with Crippen LogP contribution in [-0.4, -0.2) is 18.4 Å². The van der Waals surface area contributed by atoms with E-state index in [-0.39, 0.29) is 5.78 Å². The van der Waals surface area contributed by atoms with E-state index in [9.17, 15) is 9.59 Å². The maximum absolute atomic E-state index is 11.1. The van der Waals surface area contributed by atoms with Crippen molar-refractivity contribution in [2.24, 2.45) is 5.41 Å². The molecule has 0 atom stereocenters. The highest BCUT2D eigenvalue weighted by atomic mass is 16.5. The van der Waals surface area contributed by atoms with Crippen LogP contribution in [-0.2, 0) is 14.3 Å². The Balaban J connectivity index is 4.30. The van der Waals surface area contributed by atoms with Crippen LogP contribution in [0.2, 0.25) is 0 Å². The second-order valence-electron chi connectivity index (χ2n) is 2.90. The Hall–Kier alpha value is -0.860. The zero-order valence-electron chi connectivity index (χ0n) is 7.43. The summed E-state index contributed by atoms with van der Waals surface area (Å²) in [5, 5.41) is 0. The normalized spacial score (nSPS) is 10.9. The van der Waals surface area contributed by atoms with Gasteiger partial charge in [-0.05, 0) is 27.7 Å². The van der Waals surface area contributed by atoms with Gasteiger partial charge in [0.2, 0.25) is 0 Å². The molecule has 0 saturated heterocycles. The van der Waals surface area contributed by atoms with Gasteiger partial charge in [-0.3, -0.25) is 9.59 Å². The van der Waals surface area contributed by atoms with Crippen LogP contribution in [0.4, 0.5) is 0 Å². The Kier molecular flexibility index (Phi) is 3.23. The highest BCUT2D eigenvalue weighted by Gasteiger charge is 2.33. The lowest BCUT2D eigenvalue weighted by Crippen LogP contribution is -2.33. The van der Waals surface area contributed by atoms with Crippen molar-refractivity contribution in [1.29, 1.82) is 0 Å². The minimum Gasteiger partial charge on any atom is -0.465 e. The lowest BCUT2D eigenvalue weighted by Gasteiger charge is -2.17. The maximum atomic E-state index is 11.1. The fourth-order valence-corrected chi connectivity index (χ4v) is 0.455. The van der Waals surface area contributed by atoms with Gasteiger partial charge in [-0.1, -0.05) is 0 Å². The van der Waals surface area contributed by atoms with Crippen molar-refractivity contribution >= 4 is 11.8 Å². The number of ether oxygens (including phenoxy) is 1. The third-order valence-electron chi connectivity index (χ3n) is 1.67. The van der Waals surface area contributed by atoms with E-state index in [1.807, 2.05) is 0 Å². The van der Waals surface area contributed by atoms with Gasteiger partial charge >= 0.3 is 5.97 Å². The summed E-state index contributed by atoms with van der Waals surface area (Å²) in [6, 6.07) is 0. The molecule has 0 aromatic heterocycles. The van der Waals surface area contributed by atoms with Crippen LogP contribution < -0.4 is 0 Å². The lowest BCUT2D eigenvalue weighted by atomic mass is 9.89. The van der Waals surface area contributed by atoms with Crippen molar-refractivity contribution in [2.45, 2.75) is 27.7 Å². The quantitative estimate of drug-likeness (QED) is 0.457. The summed E-state index contributed by atoms with van der Waals surface area (Å²) in [4.78, 5) is 21.9. The molecule has 0 amide bonds. The zero-order chi connectivity index (χ0) is 9.07. The highest BCUT2D eigenvalue weighted by Crippen LogP contribution is 2.17. The Morgan fingerprint density at radius 1 is 1.36 bits per heavy atom. The molecule has 0 aromatic rings. The van der Waals surface area contributed by atoms with E-state index >= 15 is 0 Å². The number of carbonyl (C=O) groups excluding carboxylic acids is 2. The predicted octanol–water partition coefficient (Wildman–Crippen LogP) is 1.16. The zero-order valence-corrected chi connectivity index (χ0v) is 7.43. The largest absolute Gasteiger partial charge is 0.465 e. The van der Waals surface area contributed by atoms with Gasteiger partial charge in [0, 0.05) is 0 Å². The summed E-state index contributed by atoms with van der Waals surface area (Å²) in [6.45, 7) is 6.54. The molecule has 11 heavy (non-hydrogen) atoms. The molecule has 0 radical (unpaired) electrons. The topological polar surface area (TPSA) is 43.4 Å². The molecule has 3 heteroatoms. The standard InChI is InChI=1S/C8H14O3/c1-5-11-7(10)8(3,4)6(2)9/h5H2,1-4H3. The Morgan fingerprint density at radius 3 is 2.09 bits per heavy atom. The van der Waals surface area contributed by atoms with Crippen LogP contribution in [0.3, 0.4) is 0 Å². The maximum Gasteiger partial charge on any atom is 0.319 e. The van der Waals surface area contributed by atoms with E-state index in [0.717, 1.165) is 0 Å². The number of hydrogen-bond acceptors (Lipinski definition) is 3. The van der Waals surface area contributed by atoms with Crippen LogP contribution in [0.5, 0.6) is 0 Å². The van der Waals surface area contributed by atoms with E-state index in [4.69, 9.17) is 4.74 Å². The number of hydrogen-bond donors (Lipinski definition) is 0. The van der Waals surface area contributed by atoms with Crippen molar-refractivity contribution in [2.75, 3.05) is 6.61 Å². The summed E-state index contributed by atoms with van der Waals surface area (Å²) in [7, 11) is 0. The van der Waals surface area contributed by atoms with Crippen LogP contribution in [0.15, 0.2) is 0 Å². The average molecular weight is 158 g/mol. The van der Waals surface area contributed by atoms with E-state index in [0.29, 0.717) is 6.61 Å². The molecule has 3 nitrogen and oxygen atoms in total. The predicted molar refractivity (Wildman–Crippen MR) is 41.1 cm³/mol. The van der Waals surface area contributed by atoms with Crippen molar-refractivity contribution in [3.05, 3.63) is 0 Å². The van der Waals surface area contributed by atoms with Crippen molar-refractivity contribution < 1.29 is 14.3 Å². The average Bonchev–Trinajstić information content (AvgIpc) is 1.88. The highest BCUT2D eigenvalue weighted by molar-refractivity contribution is 6.01. The van der Waals surface area contributed by atoms with Gasteiger partial charge in [-0.25, -0.2) is 0 Å². The van der Waals surface area contributed by atoms with Crippen molar-refractivity contribution in [3.63, 3.8) is 0 Å². The second kappa shape index (κ2) is 3.51. The van der Waals surface area contributed by atoms with Gasteiger partial charge in [0.15, 0.2) is 0 Å². The Bertz CT molecular complexity index is 170. The number of Topliss-reactive ketones (excluding diaryl/α,β-unsaturated/α-hetero) is 1. The van der Waals surface area contributed by atoms with E-state index < -0.39 is 11.4 Å². The smallest absolute Gasteiger partial charge is 0.319 e. The van der Waals surface area contributed by atoms with E-state index in [2.05, 4.69) is 0 Å². The first kappa shape index (κ1) is 10.1. The number of carbonyl (C=O) groups is 2. The van der Waals surface area contributed by atoms with Gasteiger partial charge in [0.05, 0.1) is 6.61 Å². The molecule has 0 rings (SSSR count). The molecule has 0 aromatic carbocycles. The summed E-state index contributed by atoms with van der Waals surface area (Å²) in [6.07, 6.45) is 0. The molecule has 0 saturated carbocycles. The third kappa shape index (κ3) is 2.33. The Morgan fingerprint density at radius 2 is 1.82 bits per heavy atom. The molecule has 0 fully saturated rings. The Labute approximate surface area is 66.7 Å². The molecule has 0 unspecified atom stereocenters. The van der Waals surface area contributed by atoms with Crippen LogP contribution in [0.25, 0.3) is 0 Å². The van der Waals surface area contributed by atoms with Crippen LogP contribution in [0.1, 0.15) is 27.7 Å². The summed E-state index contributed by atoms with van der Waals surface area (Å²) < 4.78 is 4.71. The van der Waals surface area contributed by atoms with Crippen LogP contribution >= 0.6 is 0 Å². The summed E-state index contributed by atoms with van der Waals surface area (Å²) in [5.74, 6) is -0.622. The third-order valence-corrected chi connectivity index (χ3v) is 1.67. The minimum atomic E-state index is -0.990. The first-order chi connectivity index (χ1) is 4.92. The first-order valence-corrected chi connectivity index (χ1v) is 3.61. The monoisotopic (exact) mass is 158 g/mol. The number of ketones is 1. The van der Waals surface area contributed by atoms with Crippen LogP contribution in [0, 0.1) is 5.41 Å². The van der Waals surface area contributed by atoms with Gasteiger partial charge in [0.25, 0.3) is 0 Å². The molecule has 0 aliphatic heterocycles. The molecule has 64 valence electrons. The fourth-order valence-electron chi connectivity index (χ4n) is 0.455. The van der Waals surface area contributed by atoms with Gasteiger partial charge in [-0.2, -0.15) is 0 Å². The molecular formula is C8H14O3. The first-order valence-electron chi connectivity index (χ1n) is 3.61. The molecule has 0 heterocycles. The SMILES string of the molecule is CCOC(=O)C(C)(C)C(C)=O.